The summed E-state index contributed by atoms with van der Waals surface area (Å²) in [5, 5.41) is 5.71. The molecule has 1 atom stereocenters. The van der Waals surface area contributed by atoms with E-state index in [1.54, 1.807) is 4.90 Å². The zero-order chi connectivity index (χ0) is 18.0. The highest BCUT2D eigenvalue weighted by atomic mass is 32.2. The van der Waals surface area contributed by atoms with E-state index in [0.29, 0.717) is 31.7 Å². The monoisotopic (exact) mass is 366 g/mol. The summed E-state index contributed by atoms with van der Waals surface area (Å²) in [6.45, 7) is 1.52. The fraction of sp³-hybridized carbons (Fsp3) is 0.500. The number of carbonyl (C=O) groups is 2. The van der Waals surface area contributed by atoms with Crippen molar-refractivity contribution in [1.29, 1.82) is 0 Å². The molecule has 0 bridgehead atoms. The first-order valence-corrected chi connectivity index (χ1v) is 10.1. The predicted octanol–water partition coefficient (Wildman–Crippen LogP) is 0.747. The van der Waals surface area contributed by atoms with Crippen LogP contribution in [0.3, 0.4) is 0 Å². The Morgan fingerprint density at radius 2 is 1.96 bits per heavy atom. The topological polar surface area (TPSA) is 98.8 Å². The molecule has 0 aliphatic carbocycles. The Labute approximate surface area is 147 Å². The van der Waals surface area contributed by atoms with Gasteiger partial charge < -0.3 is 15.5 Å². The van der Waals surface area contributed by atoms with Crippen LogP contribution in [-0.2, 0) is 14.8 Å². The van der Waals surface area contributed by atoms with E-state index in [1.165, 1.54) is 10.6 Å². The molecule has 136 valence electrons. The summed E-state index contributed by atoms with van der Waals surface area (Å²) in [5.41, 5.74) is 1.59. The van der Waals surface area contributed by atoms with E-state index in [0.717, 1.165) is 5.56 Å². The van der Waals surface area contributed by atoms with Crippen LogP contribution in [0, 0.1) is 0 Å². The molecule has 1 aromatic rings. The highest BCUT2D eigenvalue weighted by molar-refractivity contribution is 7.88. The Kier molecular flexibility index (Phi) is 4.96. The number of benzene rings is 1. The number of hydrogen-bond acceptors (Lipinski definition) is 4. The molecule has 0 spiro atoms. The number of nitrogens with zero attached hydrogens (tertiary/aromatic N) is 2. The number of carbonyl (C=O) groups excluding carboxylic acids is 2. The first-order chi connectivity index (χ1) is 11.8. The van der Waals surface area contributed by atoms with E-state index in [-0.39, 0.29) is 30.9 Å². The van der Waals surface area contributed by atoms with E-state index < -0.39 is 10.0 Å². The molecule has 3 amide bonds. The Morgan fingerprint density at radius 1 is 1.20 bits per heavy atom. The van der Waals surface area contributed by atoms with Gasteiger partial charge in [-0.15, -0.1) is 0 Å². The van der Waals surface area contributed by atoms with Gasteiger partial charge in [0.05, 0.1) is 18.7 Å². The third-order valence-electron chi connectivity index (χ3n) is 4.51. The molecule has 1 saturated heterocycles. The molecule has 2 aliphatic heterocycles. The molecule has 8 nitrogen and oxygen atoms in total. The summed E-state index contributed by atoms with van der Waals surface area (Å²) >= 11 is 0. The summed E-state index contributed by atoms with van der Waals surface area (Å²) in [7, 11) is -3.25. The van der Waals surface area contributed by atoms with Crippen LogP contribution in [0.4, 0.5) is 10.5 Å². The van der Waals surface area contributed by atoms with Gasteiger partial charge in [0.1, 0.15) is 0 Å². The smallest absolute Gasteiger partial charge is 0.317 e. The van der Waals surface area contributed by atoms with Gasteiger partial charge in [0.25, 0.3) is 0 Å². The summed E-state index contributed by atoms with van der Waals surface area (Å²) in [4.78, 5) is 26.1. The van der Waals surface area contributed by atoms with E-state index >= 15 is 0 Å². The van der Waals surface area contributed by atoms with Gasteiger partial charge in [-0.1, -0.05) is 18.2 Å². The highest BCUT2D eigenvalue weighted by Crippen LogP contribution is 2.30. The fourth-order valence-corrected chi connectivity index (χ4v) is 4.08. The van der Waals surface area contributed by atoms with E-state index in [2.05, 4.69) is 10.6 Å². The summed E-state index contributed by atoms with van der Waals surface area (Å²) < 4.78 is 24.7. The van der Waals surface area contributed by atoms with Crippen molar-refractivity contribution in [2.24, 2.45) is 0 Å². The van der Waals surface area contributed by atoms with Gasteiger partial charge in [0.15, 0.2) is 0 Å². The van der Waals surface area contributed by atoms with Crippen LogP contribution in [0.25, 0.3) is 0 Å². The SMILES string of the molecule is CS(=O)(=O)N1CCCN(C(=O)NC2CC(=O)Nc3ccccc32)CC1. The maximum Gasteiger partial charge on any atom is 0.317 e. The summed E-state index contributed by atoms with van der Waals surface area (Å²) in [6.07, 6.45) is 1.95. The van der Waals surface area contributed by atoms with Gasteiger partial charge in [0.2, 0.25) is 15.9 Å². The highest BCUT2D eigenvalue weighted by Gasteiger charge is 2.29. The van der Waals surface area contributed by atoms with Gasteiger partial charge in [-0.25, -0.2) is 17.5 Å². The number of hydrogen-bond donors (Lipinski definition) is 2. The van der Waals surface area contributed by atoms with Crippen molar-refractivity contribution >= 4 is 27.6 Å². The van der Waals surface area contributed by atoms with Crippen molar-refractivity contribution in [3.05, 3.63) is 29.8 Å². The second kappa shape index (κ2) is 7.01. The standard InChI is InChI=1S/C16H22N4O4S/c1-25(23,24)20-8-4-7-19(9-10-20)16(22)18-14-11-15(21)17-13-6-3-2-5-12(13)14/h2-3,5-6,14H,4,7-11H2,1H3,(H,17,21)(H,18,22). The third-order valence-corrected chi connectivity index (χ3v) is 5.81. The Bertz CT molecular complexity index is 780. The summed E-state index contributed by atoms with van der Waals surface area (Å²) in [6, 6.07) is 6.73. The maximum atomic E-state index is 12.6. The average Bonchev–Trinajstić information content (AvgIpc) is 2.80. The number of nitrogens with one attached hydrogen (secondary N) is 2. The minimum atomic E-state index is -3.25. The normalized spacial score (nSPS) is 21.9. The number of para-hydroxylation sites is 1. The van der Waals surface area contributed by atoms with Crippen LogP contribution in [0.15, 0.2) is 24.3 Å². The molecule has 0 aromatic heterocycles. The third kappa shape index (κ3) is 4.10. The van der Waals surface area contributed by atoms with Crippen LogP contribution >= 0.6 is 0 Å². The van der Waals surface area contributed by atoms with Crippen molar-refractivity contribution in [3.8, 4) is 0 Å². The van der Waals surface area contributed by atoms with Crippen LogP contribution in [0.2, 0.25) is 0 Å². The van der Waals surface area contributed by atoms with E-state index in [1.807, 2.05) is 24.3 Å². The molecule has 0 saturated carbocycles. The molecule has 2 aliphatic rings. The average molecular weight is 366 g/mol. The van der Waals surface area contributed by atoms with Crippen molar-refractivity contribution < 1.29 is 18.0 Å². The molecule has 0 radical (unpaired) electrons. The number of sulfonamides is 1. The van der Waals surface area contributed by atoms with Crippen molar-refractivity contribution in [3.63, 3.8) is 0 Å². The van der Waals surface area contributed by atoms with Gasteiger partial charge in [-0.3, -0.25) is 4.79 Å². The number of anilines is 1. The lowest BCUT2D eigenvalue weighted by Gasteiger charge is -2.29. The van der Waals surface area contributed by atoms with E-state index in [4.69, 9.17) is 0 Å². The molecular weight excluding hydrogens is 344 g/mol. The first-order valence-electron chi connectivity index (χ1n) is 8.24. The van der Waals surface area contributed by atoms with Gasteiger partial charge >= 0.3 is 6.03 Å². The van der Waals surface area contributed by atoms with Crippen LogP contribution in [0.1, 0.15) is 24.4 Å². The summed E-state index contributed by atoms with van der Waals surface area (Å²) in [5.74, 6) is -0.136. The molecule has 1 unspecified atom stereocenters. The zero-order valence-electron chi connectivity index (χ0n) is 14.1. The number of urea groups is 1. The van der Waals surface area contributed by atoms with Gasteiger partial charge in [-0.2, -0.15) is 0 Å². The largest absolute Gasteiger partial charge is 0.331 e. The van der Waals surface area contributed by atoms with Crippen molar-refractivity contribution in [2.75, 3.05) is 37.8 Å². The van der Waals surface area contributed by atoms with Crippen LogP contribution < -0.4 is 10.6 Å². The predicted molar refractivity (Wildman–Crippen MR) is 93.6 cm³/mol. The molecule has 3 rings (SSSR count). The zero-order valence-corrected chi connectivity index (χ0v) is 14.9. The molecule has 1 aromatic carbocycles. The number of fused-ring (bicyclic) bond motifs is 1. The Hall–Kier alpha value is -2.13. The van der Waals surface area contributed by atoms with E-state index in [9.17, 15) is 18.0 Å². The van der Waals surface area contributed by atoms with Crippen molar-refractivity contribution in [2.45, 2.75) is 18.9 Å². The van der Waals surface area contributed by atoms with Crippen molar-refractivity contribution in [1.82, 2.24) is 14.5 Å². The lowest BCUT2D eigenvalue weighted by atomic mass is 9.97. The number of amides is 3. The second-order valence-electron chi connectivity index (χ2n) is 6.34. The quantitative estimate of drug-likeness (QED) is 0.807. The molecule has 1 fully saturated rings. The molecule has 2 heterocycles. The Morgan fingerprint density at radius 3 is 2.72 bits per heavy atom. The molecule has 25 heavy (non-hydrogen) atoms. The molecule has 9 heteroatoms. The fourth-order valence-electron chi connectivity index (χ4n) is 3.21. The maximum absolute atomic E-state index is 12.6. The van der Waals surface area contributed by atoms with Crippen LogP contribution in [0.5, 0.6) is 0 Å². The minimum Gasteiger partial charge on any atom is -0.331 e. The lowest BCUT2D eigenvalue weighted by molar-refractivity contribution is -0.116. The lowest BCUT2D eigenvalue weighted by Crippen LogP contribution is -2.45. The van der Waals surface area contributed by atoms with Crippen LogP contribution in [-0.4, -0.2) is 62.0 Å². The number of rotatable bonds is 2. The van der Waals surface area contributed by atoms with Gasteiger partial charge in [-0.05, 0) is 18.1 Å². The molecule has 2 N–H and O–H groups in total. The second-order valence-corrected chi connectivity index (χ2v) is 8.33. The minimum absolute atomic E-state index is 0.136. The molecular formula is C16H22N4O4S. The first kappa shape index (κ1) is 17.7. The van der Waals surface area contributed by atoms with Gasteiger partial charge in [0, 0.05) is 31.9 Å². The Balaban J connectivity index is 1.68.